The van der Waals surface area contributed by atoms with Crippen molar-refractivity contribution in [3.05, 3.63) is 45.4 Å². The molecule has 0 spiro atoms. The zero-order chi connectivity index (χ0) is 16.4. The number of ether oxygens (including phenoxy) is 1. The predicted octanol–water partition coefficient (Wildman–Crippen LogP) is 2.79. The Kier molecular flexibility index (Phi) is 4.67. The molecule has 0 saturated carbocycles. The van der Waals surface area contributed by atoms with Gasteiger partial charge < -0.3 is 14.7 Å². The lowest BCUT2D eigenvalue weighted by Gasteiger charge is -2.46. The van der Waals surface area contributed by atoms with Gasteiger partial charge in [0.05, 0.1) is 25.4 Å². The Hall–Kier alpha value is -1.48. The molecular weight excluding hydrogens is 382 g/mol. The molecular formula is C15H16BrN3O3S. The van der Waals surface area contributed by atoms with Crippen molar-refractivity contribution in [1.29, 1.82) is 0 Å². The minimum absolute atomic E-state index is 0.256. The minimum atomic E-state index is -0.995. The highest BCUT2D eigenvalue weighted by Crippen LogP contribution is 2.33. The lowest BCUT2D eigenvalue weighted by molar-refractivity contribution is -0.0793. The third-order valence-electron chi connectivity index (χ3n) is 3.61. The van der Waals surface area contributed by atoms with Crippen molar-refractivity contribution in [3.8, 4) is 0 Å². The van der Waals surface area contributed by atoms with E-state index in [0.717, 1.165) is 15.7 Å². The largest absolute Gasteiger partial charge is 0.381 e. The maximum absolute atomic E-state index is 12.2. The number of halogens is 1. The first-order valence-corrected chi connectivity index (χ1v) is 8.65. The molecule has 1 aromatic heterocycles. The monoisotopic (exact) mass is 397 g/mol. The Morgan fingerprint density at radius 2 is 2.35 bits per heavy atom. The van der Waals surface area contributed by atoms with Gasteiger partial charge in [-0.2, -0.15) is 0 Å². The van der Waals surface area contributed by atoms with E-state index in [4.69, 9.17) is 4.74 Å². The van der Waals surface area contributed by atoms with Crippen molar-refractivity contribution in [1.82, 2.24) is 9.88 Å². The summed E-state index contributed by atoms with van der Waals surface area (Å²) in [5, 5.41) is 15.7. The van der Waals surface area contributed by atoms with Gasteiger partial charge in [-0.15, -0.1) is 11.3 Å². The summed E-state index contributed by atoms with van der Waals surface area (Å²) < 4.78 is 5.90. The van der Waals surface area contributed by atoms with Gasteiger partial charge in [0.1, 0.15) is 5.60 Å². The summed E-state index contributed by atoms with van der Waals surface area (Å²) in [5.74, 6) is 0. The number of urea groups is 1. The first kappa shape index (κ1) is 16.4. The number of rotatable bonds is 4. The number of β-amino-alcohol motifs (C(OH)–C–C–N with tert-alkyl or cyclic N) is 1. The fourth-order valence-electron chi connectivity index (χ4n) is 2.44. The van der Waals surface area contributed by atoms with Crippen LogP contribution in [0.25, 0.3) is 0 Å². The number of aliphatic hydroxyl groups is 1. The van der Waals surface area contributed by atoms with Gasteiger partial charge in [0.15, 0.2) is 5.13 Å². The second-order valence-electron chi connectivity index (χ2n) is 5.41. The Balaban J connectivity index is 1.58. The number of likely N-dealkylation sites (tertiary alicyclic amines) is 1. The number of amides is 2. The van der Waals surface area contributed by atoms with Crippen LogP contribution in [0, 0.1) is 0 Å². The molecule has 1 aliphatic heterocycles. The molecule has 3 rings (SSSR count). The summed E-state index contributed by atoms with van der Waals surface area (Å²) in [4.78, 5) is 18.0. The Morgan fingerprint density at radius 3 is 3.04 bits per heavy atom. The van der Waals surface area contributed by atoms with Crippen molar-refractivity contribution in [2.75, 3.05) is 25.5 Å². The van der Waals surface area contributed by atoms with Crippen LogP contribution in [-0.2, 0) is 16.9 Å². The summed E-state index contributed by atoms with van der Waals surface area (Å²) in [6.45, 7) is 0.926. The number of hydrogen-bond donors (Lipinski definition) is 2. The number of anilines is 1. The Bertz CT molecular complexity index is 715. The average Bonchev–Trinajstić information content (AvgIpc) is 2.91. The third kappa shape index (κ3) is 3.55. The first-order valence-electron chi connectivity index (χ1n) is 6.98. The predicted molar refractivity (Wildman–Crippen MR) is 91.5 cm³/mol. The summed E-state index contributed by atoms with van der Waals surface area (Å²) >= 11 is 4.74. The standard InChI is InChI=1S/C15H16BrN3O3S/c1-22-6-12-7-23-13(17-12)18-14(20)19-8-15(21,9-19)10-3-2-4-11(16)5-10/h2-5,7,21H,6,8-9H2,1H3,(H,17,18,20). The minimum Gasteiger partial charge on any atom is -0.381 e. The molecule has 1 fully saturated rings. The Morgan fingerprint density at radius 1 is 1.57 bits per heavy atom. The van der Waals surface area contributed by atoms with Gasteiger partial charge in [-0.3, -0.25) is 5.32 Å². The van der Waals surface area contributed by atoms with Crippen molar-refractivity contribution < 1.29 is 14.6 Å². The Labute approximate surface area is 146 Å². The highest BCUT2D eigenvalue weighted by Gasteiger charge is 2.45. The van der Waals surface area contributed by atoms with Crippen molar-refractivity contribution in [3.63, 3.8) is 0 Å². The topological polar surface area (TPSA) is 74.7 Å². The number of carbonyl (C=O) groups is 1. The summed E-state index contributed by atoms with van der Waals surface area (Å²) in [6, 6.07) is 7.23. The number of benzene rings is 1. The van der Waals surface area contributed by atoms with E-state index in [1.807, 2.05) is 29.6 Å². The van der Waals surface area contributed by atoms with E-state index in [9.17, 15) is 9.90 Å². The van der Waals surface area contributed by atoms with Crippen LogP contribution in [0.5, 0.6) is 0 Å². The van der Waals surface area contributed by atoms with Gasteiger partial charge in [0, 0.05) is 17.0 Å². The van der Waals surface area contributed by atoms with Crippen LogP contribution in [0.1, 0.15) is 11.3 Å². The fourth-order valence-corrected chi connectivity index (χ4v) is 3.52. The number of methoxy groups -OCH3 is 1. The van der Waals surface area contributed by atoms with Gasteiger partial charge in [0.25, 0.3) is 0 Å². The maximum Gasteiger partial charge on any atom is 0.323 e. The molecule has 2 amide bonds. The SMILES string of the molecule is COCc1csc(NC(=O)N2CC(O)(c3cccc(Br)c3)C2)n1. The smallest absolute Gasteiger partial charge is 0.323 e. The number of carbonyl (C=O) groups excluding carboxylic acids is 1. The molecule has 23 heavy (non-hydrogen) atoms. The lowest BCUT2D eigenvalue weighted by Crippen LogP contribution is -2.62. The van der Waals surface area contributed by atoms with E-state index in [2.05, 4.69) is 26.2 Å². The molecule has 1 saturated heterocycles. The summed E-state index contributed by atoms with van der Waals surface area (Å²) in [5.41, 5.74) is 0.584. The highest BCUT2D eigenvalue weighted by molar-refractivity contribution is 9.10. The molecule has 0 bridgehead atoms. The third-order valence-corrected chi connectivity index (χ3v) is 4.91. The van der Waals surface area contributed by atoms with Crippen molar-refractivity contribution in [2.45, 2.75) is 12.2 Å². The van der Waals surface area contributed by atoms with Gasteiger partial charge in [0.2, 0.25) is 0 Å². The molecule has 1 aromatic carbocycles. The molecule has 2 aromatic rings. The summed E-state index contributed by atoms with van der Waals surface area (Å²) in [7, 11) is 1.60. The quantitative estimate of drug-likeness (QED) is 0.831. The van der Waals surface area contributed by atoms with Gasteiger partial charge in [-0.25, -0.2) is 9.78 Å². The van der Waals surface area contributed by atoms with Crippen LogP contribution in [0.15, 0.2) is 34.1 Å². The second kappa shape index (κ2) is 6.56. The molecule has 2 heterocycles. The van der Waals surface area contributed by atoms with Crippen molar-refractivity contribution >= 4 is 38.4 Å². The number of thiazole rings is 1. The number of nitrogens with one attached hydrogen (secondary N) is 1. The van der Waals surface area contributed by atoms with Gasteiger partial charge in [-0.05, 0) is 17.7 Å². The first-order chi connectivity index (χ1) is 11.0. The zero-order valence-electron chi connectivity index (χ0n) is 12.5. The van der Waals surface area contributed by atoms with Crippen molar-refractivity contribution in [2.24, 2.45) is 0 Å². The molecule has 122 valence electrons. The van der Waals surface area contributed by atoms with Crippen LogP contribution in [-0.4, -0.2) is 41.2 Å². The summed E-state index contributed by atoms with van der Waals surface area (Å²) in [6.07, 6.45) is 0. The van der Waals surface area contributed by atoms with Gasteiger partial charge in [-0.1, -0.05) is 28.1 Å². The molecule has 8 heteroatoms. The molecule has 0 aliphatic carbocycles. The number of hydrogen-bond acceptors (Lipinski definition) is 5. The van der Waals surface area contributed by atoms with E-state index < -0.39 is 5.60 Å². The van der Waals surface area contributed by atoms with Crippen LogP contribution >= 0.6 is 27.3 Å². The average molecular weight is 398 g/mol. The highest BCUT2D eigenvalue weighted by atomic mass is 79.9. The number of nitrogens with zero attached hydrogens (tertiary/aromatic N) is 2. The molecule has 0 radical (unpaired) electrons. The molecule has 0 unspecified atom stereocenters. The van der Waals surface area contributed by atoms with E-state index >= 15 is 0 Å². The molecule has 0 atom stereocenters. The van der Waals surface area contributed by atoms with Crippen LogP contribution in [0.4, 0.5) is 9.93 Å². The van der Waals surface area contributed by atoms with E-state index in [1.165, 1.54) is 11.3 Å². The van der Waals surface area contributed by atoms with Crippen LogP contribution in [0.3, 0.4) is 0 Å². The van der Waals surface area contributed by atoms with E-state index in [-0.39, 0.29) is 19.1 Å². The second-order valence-corrected chi connectivity index (χ2v) is 7.18. The lowest BCUT2D eigenvalue weighted by atomic mass is 9.86. The normalized spacial score (nSPS) is 16.0. The fraction of sp³-hybridized carbons (Fsp3) is 0.333. The molecule has 1 aliphatic rings. The van der Waals surface area contributed by atoms with E-state index in [1.54, 1.807) is 12.0 Å². The maximum atomic E-state index is 12.2. The van der Waals surface area contributed by atoms with E-state index in [0.29, 0.717) is 11.7 Å². The molecule has 2 N–H and O–H groups in total. The molecule has 6 nitrogen and oxygen atoms in total. The zero-order valence-corrected chi connectivity index (χ0v) is 14.9. The number of aromatic nitrogens is 1. The van der Waals surface area contributed by atoms with Gasteiger partial charge >= 0.3 is 6.03 Å². The van der Waals surface area contributed by atoms with Crippen LogP contribution < -0.4 is 5.32 Å². The van der Waals surface area contributed by atoms with Crippen LogP contribution in [0.2, 0.25) is 0 Å².